The number of ether oxygens (including phenoxy) is 2. The maximum Gasteiger partial charge on any atom is 0.241 e. The van der Waals surface area contributed by atoms with Crippen molar-refractivity contribution in [3.8, 4) is 11.5 Å². The van der Waals surface area contributed by atoms with E-state index in [1.807, 2.05) is 0 Å². The highest BCUT2D eigenvalue weighted by Crippen LogP contribution is 2.35. The van der Waals surface area contributed by atoms with Gasteiger partial charge in [0.25, 0.3) is 0 Å². The molecule has 0 bridgehead atoms. The number of nitrogens with zero attached hydrogens (tertiary/aromatic N) is 2. The van der Waals surface area contributed by atoms with Gasteiger partial charge < -0.3 is 24.6 Å². The molecule has 1 aromatic carbocycles. The minimum atomic E-state index is -0.0356. The Hall–Kier alpha value is -2.15. The highest BCUT2D eigenvalue weighted by molar-refractivity contribution is 6.32. The van der Waals surface area contributed by atoms with Gasteiger partial charge in [-0.05, 0) is 0 Å². The summed E-state index contributed by atoms with van der Waals surface area (Å²) in [7, 11) is 3.05. The Morgan fingerprint density at radius 3 is 2.43 bits per heavy atom. The molecule has 1 aliphatic rings. The van der Waals surface area contributed by atoms with Gasteiger partial charge in [-0.1, -0.05) is 11.6 Å². The smallest absolute Gasteiger partial charge is 0.241 e. The second-order valence-electron chi connectivity index (χ2n) is 5.06. The van der Waals surface area contributed by atoms with Crippen molar-refractivity contribution < 1.29 is 19.1 Å². The molecule has 2 rings (SSSR count). The number of anilines is 1. The van der Waals surface area contributed by atoms with Crippen molar-refractivity contribution in [2.75, 3.05) is 52.3 Å². The van der Waals surface area contributed by atoms with Crippen LogP contribution < -0.4 is 14.8 Å². The van der Waals surface area contributed by atoms with Crippen molar-refractivity contribution in [2.45, 2.75) is 0 Å². The van der Waals surface area contributed by atoms with Gasteiger partial charge in [-0.25, -0.2) is 0 Å². The number of nitrogens with one attached hydrogen (secondary N) is 1. The van der Waals surface area contributed by atoms with Crippen molar-refractivity contribution >= 4 is 29.6 Å². The van der Waals surface area contributed by atoms with Crippen molar-refractivity contribution in [3.05, 3.63) is 17.2 Å². The van der Waals surface area contributed by atoms with E-state index in [0.29, 0.717) is 48.4 Å². The molecule has 1 aromatic rings. The molecule has 8 heteroatoms. The first-order valence-electron chi connectivity index (χ1n) is 7.21. The molecule has 1 fully saturated rings. The van der Waals surface area contributed by atoms with Crippen LogP contribution in [-0.2, 0) is 9.59 Å². The Morgan fingerprint density at radius 1 is 1.22 bits per heavy atom. The number of piperazine rings is 1. The van der Waals surface area contributed by atoms with Crippen LogP contribution in [0.2, 0.25) is 5.02 Å². The molecule has 7 nitrogen and oxygen atoms in total. The molecule has 0 aromatic heterocycles. The summed E-state index contributed by atoms with van der Waals surface area (Å²) < 4.78 is 10.4. The zero-order valence-corrected chi connectivity index (χ0v) is 13.9. The number of benzene rings is 1. The fraction of sp³-hybridized carbons (Fsp3) is 0.467. The van der Waals surface area contributed by atoms with Crippen LogP contribution in [0.25, 0.3) is 0 Å². The predicted molar refractivity (Wildman–Crippen MR) is 87.3 cm³/mol. The molecule has 1 heterocycles. The number of hydrogen-bond acceptors (Lipinski definition) is 5. The fourth-order valence-corrected chi connectivity index (χ4v) is 2.59. The topological polar surface area (TPSA) is 71.1 Å². The number of carbonyl (C=O) groups is 2. The van der Waals surface area contributed by atoms with Gasteiger partial charge >= 0.3 is 0 Å². The van der Waals surface area contributed by atoms with Crippen LogP contribution in [0.3, 0.4) is 0 Å². The number of methoxy groups -OCH3 is 2. The van der Waals surface area contributed by atoms with Crippen molar-refractivity contribution in [3.63, 3.8) is 0 Å². The van der Waals surface area contributed by atoms with Gasteiger partial charge in [0.05, 0.1) is 31.5 Å². The number of rotatable bonds is 6. The van der Waals surface area contributed by atoms with Crippen molar-refractivity contribution in [1.29, 1.82) is 0 Å². The average Bonchev–Trinajstić information content (AvgIpc) is 2.60. The summed E-state index contributed by atoms with van der Waals surface area (Å²) >= 11 is 6.05. The van der Waals surface area contributed by atoms with Gasteiger partial charge in [0.1, 0.15) is 11.5 Å². The second-order valence-corrected chi connectivity index (χ2v) is 5.47. The zero-order chi connectivity index (χ0) is 16.8. The monoisotopic (exact) mass is 341 g/mol. The lowest BCUT2D eigenvalue weighted by atomic mass is 10.2. The SMILES string of the molecule is COc1cc(NCC(=O)N2CCN(C=O)CC2)c(OC)cc1Cl. The molecule has 1 saturated heterocycles. The highest BCUT2D eigenvalue weighted by Gasteiger charge is 2.20. The summed E-state index contributed by atoms with van der Waals surface area (Å²) in [6.07, 6.45) is 0.810. The van der Waals surface area contributed by atoms with Gasteiger partial charge in [-0.15, -0.1) is 0 Å². The largest absolute Gasteiger partial charge is 0.495 e. The molecule has 0 aliphatic carbocycles. The number of halogens is 1. The van der Waals surface area contributed by atoms with E-state index in [-0.39, 0.29) is 12.5 Å². The van der Waals surface area contributed by atoms with E-state index in [2.05, 4.69) is 5.32 Å². The molecule has 23 heavy (non-hydrogen) atoms. The second kappa shape index (κ2) is 7.92. The molecule has 0 saturated carbocycles. The lowest BCUT2D eigenvalue weighted by Crippen LogP contribution is -2.49. The lowest BCUT2D eigenvalue weighted by molar-refractivity contribution is -0.133. The number of carbonyl (C=O) groups excluding carboxylic acids is 2. The first-order valence-corrected chi connectivity index (χ1v) is 7.59. The maximum atomic E-state index is 12.2. The van der Waals surface area contributed by atoms with E-state index in [4.69, 9.17) is 21.1 Å². The molecule has 0 radical (unpaired) electrons. The minimum Gasteiger partial charge on any atom is -0.495 e. The Morgan fingerprint density at radius 2 is 1.87 bits per heavy atom. The van der Waals surface area contributed by atoms with E-state index in [1.54, 1.807) is 21.9 Å². The van der Waals surface area contributed by atoms with E-state index in [1.165, 1.54) is 14.2 Å². The highest BCUT2D eigenvalue weighted by atomic mass is 35.5. The van der Waals surface area contributed by atoms with Crippen LogP contribution in [-0.4, -0.2) is 69.1 Å². The summed E-state index contributed by atoms with van der Waals surface area (Å²) in [5.74, 6) is 1.00. The summed E-state index contributed by atoms with van der Waals surface area (Å²) in [6.45, 7) is 2.34. The Labute approximate surface area is 140 Å². The van der Waals surface area contributed by atoms with Crippen molar-refractivity contribution in [1.82, 2.24) is 9.80 Å². The summed E-state index contributed by atoms with van der Waals surface area (Å²) in [6, 6.07) is 3.33. The van der Waals surface area contributed by atoms with Gasteiger partial charge in [0.2, 0.25) is 12.3 Å². The first kappa shape index (κ1) is 17.2. The number of hydrogen-bond donors (Lipinski definition) is 1. The molecular formula is C15H20ClN3O4. The van der Waals surface area contributed by atoms with Gasteiger partial charge in [-0.2, -0.15) is 0 Å². The molecule has 1 aliphatic heterocycles. The summed E-state index contributed by atoms with van der Waals surface area (Å²) in [5.41, 5.74) is 0.633. The Bertz CT molecular complexity index is 574. The van der Waals surface area contributed by atoms with Crippen LogP contribution in [0.4, 0.5) is 5.69 Å². The molecule has 2 amide bonds. The third kappa shape index (κ3) is 4.19. The quantitative estimate of drug-likeness (QED) is 0.784. The van der Waals surface area contributed by atoms with E-state index < -0.39 is 0 Å². The van der Waals surface area contributed by atoms with Crippen LogP contribution in [0.5, 0.6) is 11.5 Å². The molecular weight excluding hydrogens is 322 g/mol. The Kier molecular flexibility index (Phi) is 5.92. The van der Waals surface area contributed by atoms with Crippen LogP contribution in [0, 0.1) is 0 Å². The van der Waals surface area contributed by atoms with E-state index in [9.17, 15) is 9.59 Å². The standard InChI is InChI=1S/C15H20ClN3O4/c1-22-13-8-12(14(23-2)7-11(13)16)17-9-15(21)19-5-3-18(10-20)4-6-19/h7-8,10,17H,3-6,9H2,1-2H3. The lowest BCUT2D eigenvalue weighted by Gasteiger charge is -2.32. The van der Waals surface area contributed by atoms with E-state index in [0.717, 1.165) is 6.41 Å². The summed E-state index contributed by atoms with van der Waals surface area (Å²) in [5, 5.41) is 3.49. The number of amides is 2. The van der Waals surface area contributed by atoms with Gasteiger partial charge in [0, 0.05) is 38.3 Å². The Balaban J connectivity index is 1.97. The third-order valence-corrected chi connectivity index (χ3v) is 4.02. The molecule has 0 atom stereocenters. The van der Waals surface area contributed by atoms with Crippen LogP contribution in [0.1, 0.15) is 0 Å². The normalized spacial score (nSPS) is 14.4. The minimum absolute atomic E-state index is 0.0356. The van der Waals surface area contributed by atoms with Gasteiger partial charge in [-0.3, -0.25) is 9.59 Å². The molecule has 0 spiro atoms. The fourth-order valence-electron chi connectivity index (χ4n) is 2.36. The average molecular weight is 342 g/mol. The molecule has 0 unspecified atom stereocenters. The molecule has 1 N–H and O–H groups in total. The maximum absolute atomic E-state index is 12.2. The third-order valence-electron chi connectivity index (χ3n) is 3.72. The van der Waals surface area contributed by atoms with Gasteiger partial charge in [0.15, 0.2) is 0 Å². The van der Waals surface area contributed by atoms with Crippen LogP contribution >= 0.6 is 11.6 Å². The van der Waals surface area contributed by atoms with Crippen LogP contribution in [0.15, 0.2) is 12.1 Å². The zero-order valence-electron chi connectivity index (χ0n) is 13.2. The van der Waals surface area contributed by atoms with E-state index >= 15 is 0 Å². The predicted octanol–water partition coefficient (Wildman–Crippen LogP) is 1.07. The molecule has 126 valence electrons. The first-order chi connectivity index (χ1) is 11.1. The van der Waals surface area contributed by atoms with Crippen molar-refractivity contribution in [2.24, 2.45) is 0 Å². The summed E-state index contributed by atoms with van der Waals surface area (Å²) in [4.78, 5) is 26.3.